The van der Waals surface area contributed by atoms with E-state index >= 15 is 0 Å². The van der Waals surface area contributed by atoms with E-state index in [9.17, 15) is 4.79 Å². The lowest BCUT2D eigenvalue weighted by Gasteiger charge is -2.19. The average Bonchev–Trinajstić information content (AvgIpc) is 3.15. The highest BCUT2D eigenvalue weighted by Crippen LogP contribution is 2.33. The van der Waals surface area contributed by atoms with Gasteiger partial charge in [0.05, 0.1) is 18.8 Å². The van der Waals surface area contributed by atoms with Gasteiger partial charge in [-0.3, -0.25) is 9.36 Å². The number of nitrogens with one attached hydrogen (secondary N) is 1. The molecule has 0 aliphatic carbocycles. The number of carbonyl (C=O) groups is 1. The second-order valence-electron chi connectivity index (χ2n) is 7.07. The van der Waals surface area contributed by atoms with Crippen LogP contribution in [-0.4, -0.2) is 34.3 Å². The Morgan fingerprint density at radius 2 is 1.97 bits per heavy atom. The minimum atomic E-state index is -0.629. The molecule has 1 atom stereocenters. The van der Waals surface area contributed by atoms with Crippen molar-refractivity contribution in [2.75, 3.05) is 13.7 Å². The number of amides is 1. The minimum Gasteiger partial charge on any atom is -0.497 e. The molecule has 0 fully saturated rings. The van der Waals surface area contributed by atoms with Crippen LogP contribution in [0.25, 0.3) is 11.3 Å². The molecular weight excluding hydrogens is 414 g/mol. The largest absolute Gasteiger partial charge is 0.497 e. The SMILES string of the molecule is C=C(c1ccc(Cl)cc1)c1ccc(OC)cc1-n1c(C)nnc1[C@@H](N)CC(=O)NCC. The predicted molar refractivity (Wildman–Crippen MR) is 122 cm³/mol. The number of ether oxygens (including phenoxy) is 1. The average molecular weight is 440 g/mol. The second-order valence-corrected chi connectivity index (χ2v) is 7.51. The van der Waals surface area contributed by atoms with E-state index < -0.39 is 6.04 Å². The molecule has 1 heterocycles. The molecule has 3 rings (SSSR count). The van der Waals surface area contributed by atoms with E-state index in [1.165, 1.54) is 0 Å². The van der Waals surface area contributed by atoms with Crippen LogP contribution < -0.4 is 15.8 Å². The summed E-state index contributed by atoms with van der Waals surface area (Å²) in [6, 6.07) is 12.5. The van der Waals surface area contributed by atoms with Gasteiger partial charge in [-0.25, -0.2) is 0 Å². The van der Waals surface area contributed by atoms with Crippen molar-refractivity contribution in [2.45, 2.75) is 26.3 Å². The number of hydrogen-bond acceptors (Lipinski definition) is 5. The number of methoxy groups -OCH3 is 1. The first-order chi connectivity index (χ1) is 14.8. The molecule has 7 nitrogen and oxygen atoms in total. The molecule has 1 amide bonds. The number of nitrogens with zero attached hydrogens (tertiary/aromatic N) is 3. The number of halogens is 1. The normalized spacial score (nSPS) is 11.8. The molecule has 1 aromatic heterocycles. The van der Waals surface area contributed by atoms with Crippen LogP contribution in [0.15, 0.2) is 49.0 Å². The number of carbonyl (C=O) groups excluding carboxylic acids is 1. The van der Waals surface area contributed by atoms with Gasteiger partial charge in [-0.1, -0.05) is 30.3 Å². The van der Waals surface area contributed by atoms with Gasteiger partial charge in [0, 0.05) is 29.6 Å². The zero-order chi connectivity index (χ0) is 22.5. The molecule has 0 saturated carbocycles. The van der Waals surface area contributed by atoms with Gasteiger partial charge < -0.3 is 15.8 Å². The first kappa shape index (κ1) is 22.5. The van der Waals surface area contributed by atoms with Crippen molar-refractivity contribution in [3.8, 4) is 11.4 Å². The van der Waals surface area contributed by atoms with Crippen molar-refractivity contribution in [1.29, 1.82) is 0 Å². The summed E-state index contributed by atoms with van der Waals surface area (Å²) in [6.45, 7) is 8.53. The number of aryl methyl sites for hydroxylation is 1. The Hall–Kier alpha value is -3.16. The third-order valence-corrected chi connectivity index (χ3v) is 5.18. The van der Waals surface area contributed by atoms with Gasteiger partial charge in [-0.15, -0.1) is 10.2 Å². The van der Waals surface area contributed by atoms with Crippen molar-refractivity contribution in [3.63, 3.8) is 0 Å². The third kappa shape index (κ3) is 4.95. The van der Waals surface area contributed by atoms with Crippen molar-refractivity contribution >= 4 is 23.1 Å². The van der Waals surface area contributed by atoms with Crippen LogP contribution in [0.4, 0.5) is 0 Å². The predicted octanol–water partition coefficient (Wildman–Crippen LogP) is 3.83. The quantitative estimate of drug-likeness (QED) is 0.556. The fourth-order valence-corrected chi connectivity index (χ4v) is 3.49. The topological polar surface area (TPSA) is 95.1 Å². The zero-order valence-electron chi connectivity index (χ0n) is 17.9. The van der Waals surface area contributed by atoms with E-state index in [-0.39, 0.29) is 12.3 Å². The summed E-state index contributed by atoms with van der Waals surface area (Å²) >= 11 is 6.04. The van der Waals surface area contributed by atoms with E-state index in [0.29, 0.717) is 29.0 Å². The molecular formula is C23H26ClN5O2. The summed E-state index contributed by atoms with van der Waals surface area (Å²) in [5.41, 5.74) is 9.70. The lowest BCUT2D eigenvalue weighted by molar-refractivity contribution is -0.121. The number of benzene rings is 2. The summed E-state index contributed by atoms with van der Waals surface area (Å²) in [5, 5.41) is 11.9. The molecule has 162 valence electrons. The summed E-state index contributed by atoms with van der Waals surface area (Å²) < 4.78 is 7.30. The lowest BCUT2D eigenvalue weighted by Crippen LogP contribution is -2.28. The maximum absolute atomic E-state index is 12.1. The van der Waals surface area contributed by atoms with Crippen LogP contribution in [0.5, 0.6) is 5.75 Å². The Balaban J connectivity index is 2.10. The van der Waals surface area contributed by atoms with E-state index in [0.717, 1.165) is 22.4 Å². The number of aromatic nitrogens is 3. The van der Waals surface area contributed by atoms with E-state index in [1.807, 2.05) is 60.9 Å². The molecule has 8 heteroatoms. The Bertz CT molecular complexity index is 1090. The van der Waals surface area contributed by atoms with Crippen molar-refractivity contribution in [3.05, 3.63) is 76.8 Å². The van der Waals surface area contributed by atoms with E-state index in [1.54, 1.807) is 7.11 Å². The maximum atomic E-state index is 12.1. The van der Waals surface area contributed by atoms with Gasteiger partial charge in [-0.05, 0) is 49.2 Å². The molecule has 0 aliphatic rings. The number of rotatable bonds is 8. The Labute approximate surface area is 186 Å². The summed E-state index contributed by atoms with van der Waals surface area (Å²) in [5.74, 6) is 1.65. The monoisotopic (exact) mass is 439 g/mol. The minimum absolute atomic E-state index is 0.101. The zero-order valence-corrected chi connectivity index (χ0v) is 18.6. The van der Waals surface area contributed by atoms with Crippen LogP contribution in [0.3, 0.4) is 0 Å². The molecule has 3 aromatic rings. The van der Waals surface area contributed by atoms with Crippen molar-refractivity contribution in [2.24, 2.45) is 5.73 Å². The fourth-order valence-electron chi connectivity index (χ4n) is 3.36. The molecule has 0 unspecified atom stereocenters. The van der Waals surface area contributed by atoms with Crippen LogP contribution in [0.2, 0.25) is 5.02 Å². The van der Waals surface area contributed by atoms with Crippen LogP contribution >= 0.6 is 11.6 Å². The highest BCUT2D eigenvalue weighted by Gasteiger charge is 2.23. The summed E-state index contributed by atoms with van der Waals surface area (Å²) in [7, 11) is 1.60. The van der Waals surface area contributed by atoms with Gasteiger partial charge >= 0.3 is 0 Å². The van der Waals surface area contributed by atoms with Gasteiger partial charge in [0.1, 0.15) is 11.6 Å². The van der Waals surface area contributed by atoms with E-state index in [2.05, 4.69) is 22.1 Å². The van der Waals surface area contributed by atoms with Gasteiger partial charge in [0.2, 0.25) is 5.91 Å². The smallest absolute Gasteiger partial charge is 0.222 e. The van der Waals surface area contributed by atoms with Crippen molar-refractivity contribution in [1.82, 2.24) is 20.1 Å². The molecule has 31 heavy (non-hydrogen) atoms. The van der Waals surface area contributed by atoms with Gasteiger partial charge in [0.15, 0.2) is 5.82 Å². The van der Waals surface area contributed by atoms with E-state index in [4.69, 9.17) is 22.1 Å². The number of hydrogen-bond donors (Lipinski definition) is 2. The Morgan fingerprint density at radius 3 is 2.61 bits per heavy atom. The molecule has 0 bridgehead atoms. The second kappa shape index (κ2) is 9.76. The molecule has 2 aromatic carbocycles. The van der Waals surface area contributed by atoms with Crippen molar-refractivity contribution < 1.29 is 9.53 Å². The molecule has 3 N–H and O–H groups in total. The highest BCUT2D eigenvalue weighted by atomic mass is 35.5. The lowest BCUT2D eigenvalue weighted by atomic mass is 9.97. The maximum Gasteiger partial charge on any atom is 0.222 e. The highest BCUT2D eigenvalue weighted by molar-refractivity contribution is 6.30. The summed E-state index contributed by atoms with van der Waals surface area (Å²) in [6.07, 6.45) is 0.101. The Kier molecular flexibility index (Phi) is 7.09. The summed E-state index contributed by atoms with van der Waals surface area (Å²) in [4.78, 5) is 12.1. The molecule has 0 spiro atoms. The van der Waals surface area contributed by atoms with Crippen LogP contribution in [0, 0.1) is 6.92 Å². The first-order valence-corrected chi connectivity index (χ1v) is 10.3. The molecule has 0 saturated heterocycles. The fraction of sp³-hybridized carbons (Fsp3) is 0.261. The molecule has 0 radical (unpaired) electrons. The molecule has 0 aliphatic heterocycles. The first-order valence-electron chi connectivity index (χ1n) is 9.93. The van der Waals surface area contributed by atoms with Gasteiger partial charge in [-0.2, -0.15) is 0 Å². The van der Waals surface area contributed by atoms with Crippen LogP contribution in [0.1, 0.15) is 42.2 Å². The number of nitrogens with two attached hydrogens (primary N) is 1. The van der Waals surface area contributed by atoms with Crippen LogP contribution in [-0.2, 0) is 4.79 Å². The third-order valence-electron chi connectivity index (χ3n) is 4.92. The standard InChI is InChI=1S/C23H26ClN5O2/c1-5-26-22(30)13-20(25)23-28-27-15(3)29(23)21-12-18(31-4)10-11-19(21)14(2)16-6-8-17(24)9-7-16/h6-12,20H,2,5,13,25H2,1,3-4H3,(H,26,30)/t20-/m0/s1. The van der Waals surface area contributed by atoms with Gasteiger partial charge in [0.25, 0.3) is 0 Å². The Morgan fingerprint density at radius 1 is 1.26 bits per heavy atom.